The molecule has 228 valence electrons. The number of alkyl halides is 3. The molecule has 4 rings (SSSR count). The molecule has 2 aliphatic rings. The summed E-state index contributed by atoms with van der Waals surface area (Å²) in [5.41, 5.74) is 5.78. The Labute approximate surface area is 252 Å². The van der Waals surface area contributed by atoms with E-state index in [9.17, 15) is 13.2 Å². The van der Waals surface area contributed by atoms with Crippen LogP contribution in [0, 0.1) is 12.8 Å². The molecule has 3 nitrogen and oxygen atoms in total. The highest BCUT2D eigenvalue weighted by atomic mass is 31.1. The maximum absolute atomic E-state index is 13.3. The van der Waals surface area contributed by atoms with Gasteiger partial charge in [-0.15, -0.1) is 0 Å². The van der Waals surface area contributed by atoms with Gasteiger partial charge >= 0.3 is 6.18 Å². The first-order valence-corrected chi connectivity index (χ1v) is 16.3. The lowest BCUT2D eigenvalue weighted by Crippen LogP contribution is -2.30. The minimum atomic E-state index is -4.34. The monoisotopic (exact) mass is 597 g/mol. The average molecular weight is 598 g/mol. The van der Waals surface area contributed by atoms with Crippen LogP contribution in [0.2, 0.25) is 0 Å². The summed E-state index contributed by atoms with van der Waals surface area (Å²) < 4.78 is 39.9. The lowest BCUT2D eigenvalue weighted by molar-refractivity contribution is -0.138. The number of aryl methyl sites for hydroxylation is 1. The van der Waals surface area contributed by atoms with Gasteiger partial charge in [0.15, 0.2) is 0 Å². The number of aliphatic imine (C=N–C) groups is 1. The largest absolute Gasteiger partial charge is 0.416 e. The van der Waals surface area contributed by atoms with Crippen LogP contribution in [0.25, 0.3) is 5.70 Å². The minimum Gasteiger partial charge on any atom is -0.355 e. The van der Waals surface area contributed by atoms with Gasteiger partial charge in [-0.1, -0.05) is 80.0 Å². The molecular weight excluding hydrogens is 550 g/mol. The molecule has 1 aliphatic heterocycles. The summed E-state index contributed by atoms with van der Waals surface area (Å²) in [5.74, 6) is 0.780. The van der Waals surface area contributed by atoms with Crippen molar-refractivity contribution in [1.29, 1.82) is 0 Å². The van der Waals surface area contributed by atoms with Crippen LogP contribution < -0.4 is 10.6 Å². The van der Waals surface area contributed by atoms with Gasteiger partial charge in [0.1, 0.15) is 0 Å². The molecule has 42 heavy (non-hydrogen) atoms. The molecule has 7 heteroatoms. The molecule has 1 saturated carbocycles. The first-order valence-electron chi connectivity index (χ1n) is 15.2. The average Bonchev–Trinajstić information content (AvgIpc) is 3.77. The normalized spacial score (nSPS) is 19.7. The summed E-state index contributed by atoms with van der Waals surface area (Å²) in [4.78, 5) is 4.78. The number of rotatable bonds is 9. The lowest BCUT2D eigenvalue weighted by atomic mass is 10.0. The van der Waals surface area contributed by atoms with Crippen molar-refractivity contribution in [2.75, 3.05) is 5.32 Å². The molecule has 1 fully saturated rings. The highest BCUT2D eigenvalue weighted by molar-refractivity contribution is 7.45. The van der Waals surface area contributed by atoms with Gasteiger partial charge in [-0.2, -0.15) is 13.2 Å². The second-order valence-corrected chi connectivity index (χ2v) is 12.9. The van der Waals surface area contributed by atoms with Gasteiger partial charge in [-0.3, -0.25) is 10.3 Å². The molecule has 1 aliphatic carbocycles. The molecule has 0 aromatic heterocycles. The van der Waals surface area contributed by atoms with Gasteiger partial charge in [-0.25, -0.2) is 0 Å². The van der Waals surface area contributed by atoms with Crippen molar-refractivity contribution in [3.05, 3.63) is 93.5 Å². The predicted molar refractivity (Wildman–Crippen MR) is 176 cm³/mol. The van der Waals surface area contributed by atoms with E-state index < -0.39 is 11.7 Å². The SMILES string of the molecule is CC/C=C1/N=CC(NC(C)c2cccc(NC(=C3CC3)c3ccc(C(F)(F)F)c(C)c3)c2)P/C1=C\CC(C)C.CCC. The van der Waals surface area contributed by atoms with E-state index in [-0.39, 0.29) is 17.4 Å². The fraction of sp³-hybridized carbons (Fsp3) is 0.457. The zero-order valence-electron chi connectivity index (χ0n) is 26.1. The van der Waals surface area contributed by atoms with Crippen molar-refractivity contribution in [2.24, 2.45) is 10.9 Å². The number of allylic oxidation sites excluding steroid dienone is 4. The van der Waals surface area contributed by atoms with E-state index in [0.29, 0.717) is 14.5 Å². The summed E-state index contributed by atoms with van der Waals surface area (Å²) in [6.07, 6.45) is 7.43. The van der Waals surface area contributed by atoms with E-state index in [1.54, 1.807) is 12.1 Å². The summed E-state index contributed by atoms with van der Waals surface area (Å²) in [7, 11) is 0.613. The molecule has 0 amide bonds. The van der Waals surface area contributed by atoms with Gasteiger partial charge in [0.2, 0.25) is 0 Å². The fourth-order valence-corrected chi connectivity index (χ4v) is 6.04. The number of benzene rings is 2. The molecule has 0 saturated heterocycles. The van der Waals surface area contributed by atoms with E-state index in [0.717, 1.165) is 53.9 Å². The molecular formula is C35H47F3N3P. The molecule has 1 heterocycles. The predicted octanol–water partition coefficient (Wildman–Crippen LogP) is 11.0. The first-order chi connectivity index (χ1) is 20.0. The Balaban J connectivity index is 0.00000155. The van der Waals surface area contributed by atoms with Crippen LogP contribution in [0.15, 0.2) is 76.2 Å². The summed E-state index contributed by atoms with van der Waals surface area (Å²) in [6.45, 7) is 14.5. The molecule has 2 aromatic rings. The van der Waals surface area contributed by atoms with Crippen molar-refractivity contribution < 1.29 is 13.2 Å². The molecule has 0 radical (unpaired) electrons. The zero-order chi connectivity index (χ0) is 30.9. The molecule has 0 bridgehead atoms. The maximum Gasteiger partial charge on any atom is 0.416 e. The number of hydrogen-bond donors (Lipinski definition) is 2. The van der Waals surface area contributed by atoms with Gasteiger partial charge in [0.25, 0.3) is 0 Å². The maximum atomic E-state index is 13.3. The van der Waals surface area contributed by atoms with Crippen LogP contribution in [0.1, 0.15) is 102 Å². The van der Waals surface area contributed by atoms with Crippen LogP contribution in [0.5, 0.6) is 0 Å². The van der Waals surface area contributed by atoms with Gasteiger partial charge in [-0.05, 0) is 97.3 Å². The smallest absolute Gasteiger partial charge is 0.355 e. The third kappa shape index (κ3) is 9.95. The number of nitrogens with one attached hydrogen (secondary N) is 2. The van der Waals surface area contributed by atoms with E-state index in [4.69, 9.17) is 4.99 Å². The van der Waals surface area contributed by atoms with Crippen molar-refractivity contribution in [3.63, 3.8) is 0 Å². The Morgan fingerprint density at radius 2 is 1.76 bits per heavy atom. The van der Waals surface area contributed by atoms with Crippen molar-refractivity contribution >= 4 is 26.2 Å². The van der Waals surface area contributed by atoms with E-state index in [1.165, 1.54) is 30.3 Å². The number of nitrogens with zero attached hydrogens (tertiary/aromatic N) is 1. The van der Waals surface area contributed by atoms with Crippen molar-refractivity contribution in [1.82, 2.24) is 5.32 Å². The molecule has 3 unspecified atom stereocenters. The highest BCUT2D eigenvalue weighted by Crippen LogP contribution is 2.41. The summed E-state index contributed by atoms with van der Waals surface area (Å²) >= 11 is 0. The van der Waals surface area contributed by atoms with Crippen LogP contribution in [-0.4, -0.2) is 12.0 Å². The Hall–Kier alpha value is -2.69. The van der Waals surface area contributed by atoms with Crippen LogP contribution >= 0.6 is 8.58 Å². The van der Waals surface area contributed by atoms with E-state index in [1.807, 2.05) is 18.3 Å². The third-order valence-corrected chi connectivity index (χ3v) is 8.30. The number of anilines is 1. The van der Waals surface area contributed by atoms with Crippen molar-refractivity contribution in [2.45, 2.75) is 98.6 Å². The van der Waals surface area contributed by atoms with Crippen molar-refractivity contribution in [3.8, 4) is 0 Å². The first kappa shape index (κ1) is 33.8. The zero-order valence-corrected chi connectivity index (χ0v) is 27.1. The Morgan fingerprint density at radius 3 is 2.36 bits per heavy atom. The van der Waals surface area contributed by atoms with Crippen LogP contribution in [-0.2, 0) is 6.18 Å². The molecule has 2 N–H and O–H groups in total. The lowest BCUT2D eigenvalue weighted by Gasteiger charge is -2.26. The van der Waals surface area contributed by atoms with Crippen LogP contribution in [0.4, 0.5) is 18.9 Å². The quantitative estimate of drug-likeness (QED) is 0.282. The third-order valence-electron chi connectivity index (χ3n) is 6.90. The highest BCUT2D eigenvalue weighted by Gasteiger charge is 2.32. The topological polar surface area (TPSA) is 36.4 Å². The molecule has 2 aromatic carbocycles. The Kier molecular flexibility index (Phi) is 12.6. The van der Waals surface area contributed by atoms with Gasteiger partial charge in [0.05, 0.1) is 17.0 Å². The Bertz CT molecular complexity index is 1320. The van der Waals surface area contributed by atoms with Gasteiger partial charge in [0, 0.05) is 23.6 Å². The minimum absolute atomic E-state index is 0.101. The molecule has 3 atom stereocenters. The number of hydrogen-bond acceptors (Lipinski definition) is 3. The Morgan fingerprint density at radius 1 is 1.05 bits per heavy atom. The summed E-state index contributed by atoms with van der Waals surface area (Å²) in [6, 6.07) is 12.8. The fourth-order valence-electron chi connectivity index (χ4n) is 4.67. The second kappa shape index (κ2) is 15.7. The number of halogens is 3. The van der Waals surface area contributed by atoms with Gasteiger partial charge < -0.3 is 5.32 Å². The van der Waals surface area contributed by atoms with E-state index >= 15 is 0 Å². The standard InChI is InChI=1S/C32H39F3N3P.C3H8/c1-6-8-28-29(16-11-20(2)3)39-30(19-36-28)37-22(5)24-9-7-10-26(18-24)38-31(23-12-13-23)25-14-15-27(21(4)17-25)32(33,34)35;1-3-2/h7-10,14-20,22,30,37-39H,6,11-13H2,1-5H3;3H2,1-2H3/b28-8+,29-16-;. The van der Waals surface area contributed by atoms with E-state index in [2.05, 4.69) is 76.5 Å². The molecule has 0 spiro atoms. The second-order valence-electron chi connectivity index (χ2n) is 11.5. The summed E-state index contributed by atoms with van der Waals surface area (Å²) in [5, 5.41) is 8.60. The van der Waals surface area contributed by atoms with Crippen LogP contribution in [0.3, 0.4) is 0 Å².